The molecule has 0 bridgehead atoms. The molecule has 0 aliphatic carbocycles. The van der Waals surface area contributed by atoms with Crippen molar-refractivity contribution in [2.24, 2.45) is 0 Å². The van der Waals surface area contributed by atoms with Crippen LogP contribution in [0.2, 0.25) is 0 Å². The van der Waals surface area contributed by atoms with Gasteiger partial charge in [0.1, 0.15) is 0 Å². The van der Waals surface area contributed by atoms with Gasteiger partial charge in [0.15, 0.2) is 19.7 Å². The van der Waals surface area contributed by atoms with E-state index in [0.29, 0.717) is 11.1 Å². The van der Waals surface area contributed by atoms with Crippen LogP contribution in [0.15, 0.2) is 46.2 Å². The molecule has 24 heavy (non-hydrogen) atoms. The molecule has 8 heteroatoms. The number of carbonyl (C=O) groups is 1. The molecule has 0 fully saturated rings. The Morgan fingerprint density at radius 3 is 1.83 bits per heavy atom. The second-order valence-electron chi connectivity index (χ2n) is 5.49. The Balaban J connectivity index is 2.81. The van der Waals surface area contributed by atoms with Gasteiger partial charge in [-0.2, -0.15) is 0 Å². The van der Waals surface area contributed by atoms with Gasteiger partial charge in [-0.25, -0.2) is 21.6 Å². The lowest BCUT2D eigenvalue weighted by Crippen LogP contribution is -2.07. The highest BCUT2D eigenvalue weighted by Crippen LogP contribution is 2.33. The maximum Gasteiger partial charge on any atom is 0.335 e. The van der Waals surface area contributed by atoms with Crippen molar-refractivity contribution >= 4 is 25.6 Å². The van der Waals surface area contributed by atoms with Crippen molar-refractivity contribution in [2.75, 3.05) is 12.5 Å². The highest BCUT2D eigenvalue weighted by atomic mass is 32.2. The van der Waals surface area contributed by atoms with E-state index in [1.165, 1.54) is 43.3 Å². The van der Waals surface area contributed by atoms with E-state index in [9.17, 15) is 26.7 Å². The molecule has 0 aliphatic rings. The van der Waals surface area contributed by atoms with Gasteiger partial charge < -0.3 is 5.11 Å². The molecule has 6 nitrogen and oxygen atoms in total. The van der Waals surface area contributed by atoms with Gasteiger partial charge in [-0.3, -0.25) is 0 Å². The van der Waals surface area contributed by atoms with Crippen molar-refractivity contribution in [3.8, 4) is 11.1 Å². The second-order valence-corrected chi connectivity index (χ2v) is 9.49. The number of hydrogen-bond donors (Lipinski definition) is 1. The van der Waals surface area contributed by atoms with Crippen molar-refractivity contribution in [3.63, 3.8) is 0 Å². The Bertz CT molecular complexity index is 1020. The third kappa shape index (κ3) is 3.49. The van der Waals surface area contributed by atoms with Gasteiger partial charge >= 0.3 is 5.97 Å². The first kappa shape index (κ1) is 18.2. The highest BCUT2D eigenvalue weighted by molar-refractivity contribution is 7.91. The van der Waals surface area contributed by atoms with Gasteiger partial charge in [-0.1, -0.05) is 12.1 Å². The van der Waals surface area contributed by atoms with Crippen molar-refractivity contribution in [1.29, 1.82) is 0 Å². The summed E-state index contributed by atoms with van der Waals surface area (Å²) in [4.78, 5) is 11.4. The molecule has 2 rings (SSSR count). The SMILES string of the molecule is Cc1c(C(=O)O)ccc(S(C)(=O)=O)c1-c1ccc(S(C)(=O)=O)cc1. The summed E-state index contributed by atoms with van der Waals surface area (Å²) >= 11 is 0. The summed E-state index contributed by atoms with van der Waals surface area (Å²) in [7, 11) is -6.98. The summed E-state index contributed by atoms with van der Waals surface area (Å²) in [6.45, 7) is 1.53. The molecule has 0 saturated carbocycles. The van der Waals surface area contributed by atoms with E-state index in [0.717, 1.165) is 12.5 Å². The highest BCUT2D eigenvalue weighted by Gasteiger charge is 2.21. The lowest BCUT2D eigenvalue weighted by Gasteiger charge is -2.14. The smallest absolute Gasteiger partial charge is 0.335 e. The fraction of sp³-hybridized carbons (Fsp3) is 0.188. The lowest BCUT2D eigenvalue weighted by molar-refractivity contribution is 0.0696. The average Bonchev–Trinajstić information content (AvgIpc) is 2.44. The topological polar surface area (TPSA) is 106 Å². The molecule has 0 saturated heterocycles. The molecule has 2 aromatic carbocycles. The van der Waals surface area contributed by atoms with Crippen LogP contribution in [0.25, 0.3) is 11.1 Å². The standard InChI is InChI=1S/C16H16O6S2/c1-10-13(16(17)18)8-9-14(24(3,21)22)15(10)11-4-6-12(7-5-11)23(2,19)20/h4-9H,1-3H3,(H,17,18). The van der Waals surface area contributed by atoms with E-state index in [2.05, 4.69) is 0 Å². The predicted molar refractivity (Wildman–Crippen MR) is 89.8 cm³/mol. The first-order valence-electron chi connectivity index (χ1n) is 6.80. The van der Waals surface area contributed by atoms with Crippen LogP contribution in [-0.2, 0) is 19.7 Å². The van der Waals surface area contributed by atoms with Crippen LogP contribution in [-0.4, -0.2) is 40.4 Å². The number of carboxylic acid groups (broad SMARTS) is 1. The summed E-state index contributed by atoms with van der Waals surface area (Å²) in [5, 5.41) is 9.25. The predicted octanol–water partition coefficient (Wildman–Crippen LogP) is 2.17. The van der Waals surface area contributed by atoms with Crippen LogP contribution in [0.1, 0.15) is 15.9 Å². The molecular formula is C16H16O6S2. The normalized spacial score (nSPS) is 12.1. The van der Waals surface area contributed by atoms with Gasteiger partial charge in [0.05, 0.1) is 15.4 Å². The van der Waals surface area contributed by atoms with Gasteiger partial charge in [-0.15, -0.1) is 0 Å². The van der Waals surface area contributed by atoms with E-state index < -0.39 is 25.6 Å². The Labute approximate surface area is 140 Å². The molecule has 0 aliphatic heterocycles. The number of benzene rings is 2. The Hall–Kier alpha value is -2.19. The minimum absolute atomic E-state index is 0.00268. The third-order valence-electron chi connectivity index (χ3n) is 3.63. The van der Waals surface area contributed by atoms with Crippen molar-refractivity contribution in [1.82, 2.24) is 0 Å². The fourth-order valence-corrected chi connectivity index (χ4v) is 4.04. The molecular weight excluding hydrogens is 352 g/mol. The molecule has 128 valence electrons. The lowest BCUT2D eigenvalue weighted by atomic mass is 9.96. The Morgan fingerprint density at radius 1 is 0.875 bits per heavy atom. The third-order valence-corrected chi connectivity index (χ3v) is 5.90. The zero-order chi connectivity index (χ0) is 18.3. The van der Waals surface area contributed by atoms with Crippen LogP contribution < -0.4 is 0 Å². The summed E-state index contributed by atoms with van der Waals surface area (Å²) < 4.78 is 47.2. The average molecular weight is 368 g/mol. The van der Waals surface area contributed by atoms with E-state index in [4.69, 9.17) is 0 Å². The first-order valence-corrected chi connectivity index (χ1v) is 10.6. The van der Waals surface area contributed by atoms with Gasteiger partial charge in [0.25, 0.3) is 0 Å². The number of sulfone groups is 2. The molecule has 0 atom stereocenters. The maximum absolute atomic E-state index is 12.0. The zero-order valence-electron chi connectivity index (χ0n) is 13.3. The summed E-state index contributed by atoms with van der Waals surface area (Å²) in [5.41, 5.74) is 0.989. The van der Waals surface area contributed by atoms with Gasteiger partial charge in [-0.05, 0) is 42.3 Å². The summed E-state index contributed by atoms with van der Waals surface area (Å²) in [5.74, 6) is -1.17. The number of hydrogen-bond acceptors (Lipinski definition) is 5. The van der Waals surface area contributed by atoms with Crippen LogP contribution in [0.4, 0.5) is 0 Å². The molecule has 0 radical (unpaired) electrons. The molecule has 0 amide bonds. The molecule has 0 heterocycles. The Morgan fingerprint density at radius 2 is 1.42 bits per heavy atom. The van der Waals surface area contributed by atoms with Crippen molar-refractivity contribution < 1.29 is 26.7 Å². The molecule has 0 spiro atoms. The number of carboxylic acids is 1. The van der Waals surface area contributed by atoms with Gasteiger partial charge in [0.2, 0.25) is 0 Å². The zero-order valence-corrected chi connectivity index (χ0v) is 14.9. The first-order chi connectivity index (χ1) is 10.9. The minimum atomic E-state index is -3.60. The van der Waals surface area contributed by atoms with E-state index >= 15 is 0 Å². The van der Waals surface area contributed by atoms with Crippen molar-refractivity contribution in [3.05, 3.63) is 47.5 Å². The fourth-order valence-electron chi connectivity index (χ4n) is 2.46. The van der Waals surface area contributed by atoms with Crippen LogP contribution in [0.5, 0.6) is 0 Å². The van der Waals surface area contributed by atoms with Crippen LogP contribution in [0.3, 0.4) is 0 Å². The molecule has 0 unspecified atom stereocenters. The van der Waals surface area contributed by atoms with Crippen LogP contribution in [0, 0.1) is 6.92 Å². The number of rotatable bonds is 4. The largest absolute Gasteiger partial charge is 0.478 e. The molecule has 0 aromatic heterocycles. The van der Waals surface area contributed by atoms with Crippen LogP contribution >= 0.6 is 0 Å². The Kier molecular flexibility index (Phi) is 4.56. The van der Waals surface area contributed by atoms with E-state index in [1.54, 1.807) is 0 Å². The number of aromatic carboxylic acids is 1. The minimum Gasteiger partial charge on any atom is -0.478 e. The van der Waals surface area contributed by atoms with E-state index in [-0.39, 0.29) is 20.9 Å². The second kappa shape index (κ2) is 6.03. The molecule has 2 aromatic rings. The van der Waals surface area contributed by atoms with Gasteiger partial charge in [0, 0.05) is 18.1 Å². The molecule has 1 N–H and O–H groups in total. The quantitative estimate of drug-likeness (QED) is 0.886. The summed E-state index contributed by atoms with van der Waals surface area (Å²) in [6.07, 6.45) is 2.11. The van der Waals surface area contributed by atoms with E-state index in [1.807, 2.05) is 0 Å². The monoisotopic (exact) mass is 368 g/mol. The van der Waals surface area contributed by atoms with Crippen molar-refractivity contribution in [2.45, 2.75) is 16.7 Å². The maximum atomic E-state index is 12.0. The summed E-state index contributed by atoms with van der Waals surface area (Å²) in [6, 6.07) is 8.18.